The zero-order valence-electron chi connectivity index (χ0n) is 28.3. The lowest BCUT2D eigenvalue weighted by Crippen LogP contribution is -2.39. The van der Waals surface area contributed by atoms with Crippen molar-refractivity contribution in [1.82, 2.24) is 9.47 Å². The number of carbonyl (C=O) groups is 1. The van der Waals surface area contributed by atoms with Crippen LogP contribution in [0.4, 0.5) is 11.4 Å². The van der Waals surface area contributed by atoms with Crippen molar-refractivity contribution < 1.29 is 9.90 Å². The van der Waals surface area contributed by atoms with Crippen LogP contribution in [0.15, 0.2) is 69.6 Å². The van der Waals surface area contributed by atoms with Crippen LogP contribution >= 0.6 is 0 Å². The molecule has 2 unspecified atom stereocenters. The molecular formula is C38H51N5O3. The monoisotopic (exact) mass is 625 g/mol. The maximum atomic E-state index is 14.3. The van der Waals surface area contributed by atoms with Gasteiger partial charge in [0.2, 0.25) is 5.88 Å². The molecule has 1 amide bonds. The van der Waals surface area contributed by atoms with Crippen molar-refractivity contribution in [2.75, 3.05) is 13.1 Å². The fraction of sp³-hybridized carbons (Fsp3) is 0.500. The third-order valence-electron chi connectivity index (χ3n) is 8.78. The minimum Gasteiger partial charge on any atom is -0.493 e. The molecule has 0 aliphatic rings. The average Bonchev–Trinajstić information content (AvgIpc) is 3.08. The molecule has 0 saturated carbocycles. The fourth-order valence-corrected chi connectivity index (χ4v) is 5.94. The highest BCUT2D eigenvalue weighted by atomic mass is 16.3. The molecule has 0 fully saturated rings. The quantitative estimate of drug-likeness (QED) is 0.142. The van der Waals surface area contributed by atoms with Crippen molar-refractivity contribution in [3.8, 4) is 17.6 Å². The summed E-state index contributed by atoms with van der Waals surface area (Å²) in [5.41, 5.74) is 0.943. The Morgan fingerprint density at radius 1 is 0.870 bits per heavy atom. The number of nitriles is 1. The first-order valence-corrected chi connectivity index (χ1v) is 17.1. The third kappa shape index (κ3) is 9.15. The van der Waals surface area contributed by atoms with E-state index >= 15 is 0 Å². The normalized spacial score (nSPS) is 12.6. The molecule has 0 radical (unpaired) electrons. The largest absolute Gasteiger partial charge is 0.493 e. The van der Waals surface area contributed by atoms with Gasteiger partial charge >= 0.3 is 0 Å². The number of aromatic hydroxyl groups is 1. The lowest BCUT2D eigenvalue weighted by molar-refractivity contribution is 0.0685. The molecule has 8 nitrogen and oxygen atoms in total. The Hall–Kier alpha value is -4.25. The van der Waals surface area contributed by atoms with Crippen molar-refractivity contribution in [3.63, 3.8) is 0 Å². The fourth-order valence-electron chi connectivity index (χ4n) is 5.94. The summed E-state index contributed by atoms with van der Waals surface area (Å²) in [5, 5.41) is 30.0. The van der Waals surface area contributed by atoms with Crippen molar-refractivity contribution in [2.24, 2.45) is 22.1 Å². The topological polar surface area (TPSA) is 111 Å². The number of pyridine rings is 1. The zero-order valence-corrected chi connectivity index (χ0v) is 28.3. The van der Waals surface area contributed by atoms with Crippen LogP contribution in [0, 0.1) is 23.2 Å². The summed E-state index contributed by atoms with van der Waals surface area (Å²) in [6, 6.07) is 17.9. The molecule has 0 saturated heterocycles. The van der Waals surface area contributed by atoms with E-state index in [0.29, 0.717) is 60.3 Å². The summed E-state index contributed by atoms with van der Waals surface area (Å²) in [7, 11) is 0. The number of para-hydroxylation sites is 1. The van der Waals surface area contributed by atoms with E-state index < -0.39 is 11.4 Å². The smallest absolute Gasteiger partial charge is 0.286 e. The molecule has 3 rings (SSSR count). The van der Waals surface area contributed by atoms with Crippen LogP contribution in [-0.4, -0.2) is 33.6 Å². The number of aromatic nitrogens is 1. The summed E-state index contributed by atoms with van der Waals surface area (Å²) in [5.74, 6) is 0.319. The number of hydrogen-bond acceptors (Lipinski definition) is 6. The van der Waals surface area contributed by atoms with Gasteiger partial charge in [-0.15, -0.1) is 10.2 Å². The Kier molecular flexibility index (Phi) is 14.7. The van der Waals surface area contributed by atoms with E-state index in [-0.39, 0.29) is 17.2 Å². The first kappa shape index (κ1) is 36.2. The van der Waals surface area contributed by atoms with Gasteiger partial charge in [0, 0.05) is 18.7 Å². The zero-order chi connectivity index (χ0) is 33.5. The molecule has 0 bridgehead atoms. The second-order valence-corrected chi connectivity index (χ2v) is 12.1. The molecule has 1 heterocycles. The van der Waals surface area contributed by atoms with Gasteiger partial charge in [0.15, 0.2) is 5.69 Å². The molecule has 2 atom stereocenters. The minimum atomic E-state index is -0.580. The summed E-state index contributed by atoms with van der Waals surface area (Å²) < 4.78 is 1.09. The SMILES string of the molecule is CCCCC(CC)CN(CC(CC)CCCC)C(=O)c1ccccc1N=Nc1c(CCC)c(C#N)c(O)n(-c2ccccc2)c1=O. The van der Waals surface area contributed by atoms with Gasteiger partial charge in [-0.1, -0.05) is 110 Å². The maximum Gasteiger partial charge on any atom is 0.286 e. The van der Waals surface area contributed by atoms with Crippen LogP contribution in [0.2, 0.25) is 0 Å². The Bertz CT molecular complexity index is 1520. The summed E-state index contributed by atoms with van der Waals surface area (Å²) in [6.07, 6.45) is 9.68. The second-order valence-electron chi connectivity index (χ2n) is 12.1. The molecule has 46 heavy (non-hydrogen) atoms. The van der Waals surface area contributed by atoms with Crippen LogP contribution in [0.25, 0.3) is 5.69 Å². The number of unbranched alkanes of at least 4 members (excludes halogenated alkanes) is 2. The van der Waals surface area contributed by atoms with Crippen molar-refractivity contribution in [3.05, 3.63) is 81.6 Å². The van der Waals surface area contributed by atoms with Crippen molar-refractivity contribution in [1.29, 1.82) is 5.26 Å². The molecule has 0 aliphatic carbocycles. The first-order valence-electron chi connectivity index (χ1n) is 17.1. The van der Waals surface area contributed by atoms with Gasteiger partial charge in [-0.3, -0.25) is 9.59 Å². The first-order chi connectivity index (χ1) is 22.3. The van der Waals surface area contributed by atoms with Crippen molar-refractivity contribution >= 4 is 17.3 Å². The van der Waals surface area contributed by atoms with Gasteiger partial charge in [-0.05, 0) is 55.4 Å². The lowest BCUT2D eigenvalue weighted by Gasteiger charge is -2.31. The van der Waals surface area contributed by atoms with Crippen LogP contribution < -0.4 is 5.56 Å². The molecule has 0 spiro atoms. The number of nitrogens with zero attached hydrogens (tertiary/aromatic N) is 5. The van der Waals surface area contributed by atoms with Gasteiger partial charge in [-0.25, -0.2) is 4.57 Å². The number of carbonyl (C=O) groups excluding carboxylic acids is 1. The number of amides is 1. The van der Waals surface area contributed by atoms with E-state index in [0.717, 1.165) is 55.9 Å². The molecule has 0 aliphatic heterocycles. The molecule has 3 aromatic rings. The highest BCUT2D eigenvalue weighted by molar-refractivity contribution is 5.99. The molecule has 246 valence electrons. The molecule has 8 heteroatoms. The van der Waals surface area contributed by atoms with Gasteiger partial charge in [-0.2, -0.15) is 5.26 Å². The molecule has 1 N–H and O–H groups in total. The second kappa shape index (κ2) is 18.7. The number of rotatable bonds is 18. The van der Waals surface area contributed by atoms with Crippen LogP contribution in [0.3, 0.4) is 0 Å². The van der Waals surface area contributed by atoms with Crippen LogP contribution in [0.5, 0.6) is 5.88 Å². The van der Waals surface area contributed by atoms with Crippen LogP contribution in [0.1, 0.15) is 114 Å². The van der Waals surface area contributed by atoms with Gasteiger partial charge in [0.1, 0.15) is 11.6 Å². The number of hydrogen-bond donors (Lipinski definition) is 1. The lowest BCUT2D eigenvalue weighted by atomic mass is 9.95. The number of benzene rings is 2. The predicted octanol–water partition coefficient (Wildman–Crippen LogP) is 9.66. The molecule has 1 aromatic heterocycles. The average molecular weight is 626 g/mol. The predicted molar refractivity (Wildman–Crippen MR) is 186 cm³/mol. The van der Waals surface area contributed by atoms with E-state index in [1.807, 2.05) is 17.9 Å². The third-order valence-corrected chi connectivity index (χ3v) is 8.78. The van der Waals surface area contributed by atoms with Gasteiger partial charge < -0.3 is 10.0 Å². The summed E-state index contributed by atoms with van der Waals surface area (Å²) >= 11 is 0. The highest BCUT2D eigenvalue weighted by Gasteiger charge is 2.25. The van der Waals surface area contributed by atoms with E-state index in [4.69, 9.17) is 0 Å². The molecule has 2 aromatic carbocycles. The summed E-state index contributed by atoms with van der Waals surface area (Å²) in [4.78, 5) is 30.2. The van der Waals surface area contributed by atoms with Gasteiger partial charge in [0.05, 0.1) is 16.9 Å². The minimum absolute atomic E-state index is 0.00911. The Morgan fingerprint density at radius 3 is 2.00 bits per heavy atom. The Morgan fingerprint density at radius 2 is 1.46 bits per heavy atom. The van der Waals surface area contributed by atoms with Gasteiger partial charge in [0.25, 0.3) is 11.5 Å². The standard InChI is InChI=1S/C38H51N5O3/c1-6-11-19-28(9-4)26-42(27-29(10-5)20-12-7-2)36(44)32-23-16-17-24-34(32)40-41-35-31(18-8-3)33(25-39)37(45)43(38(35)46)30-21-14-13-15-22-30/h13-17,21-24,28-29,45H,6-12,18-20,26-27H2,1-5H3. The number of azo groups is 1. The van der Waals surface area contributed by atoms with Crippen molar-refractivity contribution in [2.45, 2.75) is 98.8 Å². The highest BCUT2D eigenvalue weighted by Crippen LogP contribution is 2.32. The molecular weight excluding hydrogens is 574 g/mol. The van der Waals surface area contributed by atoms with E-state index in [1.54, 1.807) is 48.5 Å². The van der Waals surface area contributed by atoms with Crippen LogP contribution in [-0.2, 0) is 6.42 Å². The van der Waals surface area contributed by atoms with E-state index in [2.05, 4.69) is 44.0 Å². The van der Waals surface area contributed by atoms with E-state index in [1.165, 1.54) is 0 Å². The Balaban J connectivity index is 2.11. The summed E-state index contributed by atoms with van der Waals surface area (Å²) in [6.45, 7) is 12.1. The maximum absolute atomic E-state index is 14.3. The van der Waals surface area contributed by atoms with E-state index in [9.17, 15) is 20.0 Å². The Labute approximate surface area is 274 Å².